The first-order chi connectivity index (χ1) is 12.2. The molecule has 1 aliphatic heterocycles. The number of piperidine rings is 1. The molecule has 130 valence electrons. The first-order valence-corrected chi connectivity index (χ1v) is 9.08. The summed E-state index contributed by atoms with van der Waals surface area (Å²) < 4.78 is 5.77. The third-order valence-electron chi connectivity index (χ3n) is 5.29. The zero-order chi connectivity index (χ0) is 17.3. The van der Waals surface area contributed by atoms with Crippen molar-refractivity contribution in [1.29, 1.82) is 0 Å². The standard InChI is InChI=1S/C20H21ClN2O2/c21-17-3-1-2-4-18(17)25-15-7-5-14(6-8-15)23-19(24)16-13-20(16)9-11-22-12-10-20/h1-8,16,22H,9-13H2,(H,23,24). The zero-order valence-corrected chi connectivity index (χ0v) is 14.7. The normalized spacial score (nSPS) is 20.9. The first kappa shape index (κ1) is 16.4. The zero-order valence-electron chi connectivity index (χ0n) is 13.9. The predicted molar refractivity (Wildman–Crippen MR) is 99.2 cm³/mol. The Labute approximate surface area is 152 Å². The summed E-state index contributed by atoms with van der Waals surface area (Å²) in [5.74, 6) is 1.61. The van der Waals surface area contributed by atoms with E-state index in [1.165, 1.54) is 0 Å². The van der Waals surface area contributed by atoms with Gasteiger partial charge in [-0.1, -0.05) is 23.7 Å². The van der Waals surface area contributed by atoms with Crippen LogP contribution in [0.25, 0.3) is 0 Å². The number of para-hydroxylation sites is 1. The second-order valence-corrected chi connectivity index (χ2v) is 7.32. The Kier molecular flexibility index (Phi) is 4.40. The number of amides is 1. The largest absolute Gasteiger partial charge is 0.456 e. The number of halogens is 1. The molecule has 4 rings (SSSR count). The van der Waals surface area contributed by atoms with Gasteiger partial charge in [0.1, 0.15) is 11.5 Å². The predicted octanol–water partition coefficient (Wildman–Crippen LogP) is 4.46. The molecule has 1 aliphatic carbocycles. The molecule has 4 nitrogen and oxygen atoms in total. The van der Waals surface area contributed by atoms with Crippen LogP contribution in [0.15, 0.2) is 48.5 Å². The minimum atomic E-state index is 0.140. The number of anilines is 1. The van der Waals surface area contributed by atoms with Crippen LogP contribution in [0.2, 0.25) is 5.02 Å². The molecular weight excluding hydrogens is 336 g/mol. The summed E-state index contributed by atoms with van der Waals surface area (Å²) in [7, 11) is 0. The molecule has 1 heterocycles. The summed E-state index contributed by atoms with van der Waals surface area (Å²) in [4.78, 5) is 12.5. The highest BCUT2D eigenvalue weighted by Gasteiger charge is 2.57. The minimum Gasteiger partial charge on any atom is -0.456 e. The van der Waals surface area contributed by atoms with Crippen LogP contribution in [0, 0.1) is 11.3 Å². The highest BCUT2D eigenvalue weighted by molar-refractivity contribution is 6.32. The molecule has 2 aromatic carbocycles. The molecular formula is C20H21ClN2O2. The number of rotatable bonds is 4. The number of carbonyl (C=O) groups is 1. The highest BCUT2D eigenvalue weighted by atomic mass is 35.5. The van der Waals surface area contributed by atoms with Crippen molar-refractivity contribution in [2.24, 2.45) is 11.3 Å². The van der Waals surface area contributed by atoms with Gasteiger partial charge < -0.3 is 15.4 Å². The summed E-state index contributed by atoms with van der Waals surface area (Å²) in [6, 6.07) is 14.8. The van der Waals surface area contributed by atoms with Crippen LogP contribution in [0.1, 0.15) is 19.3 Å². The molecule has 2 aliphatic rings. The molecule has 1 saturated heterocycles. The maximum atomic E-state index is 12.5. The molecule has 0 aromatic heterocycles. The molecule has 5 heteroatoms. The fraction of sp³-hybridized carbons (Fsp3) is 0.350. The number of ether oxygens (including phenoxy) is 1. The molecule has 1 amide bonds. The Hall–Kier alpha value is -2.04. The smallest absolute Gasteiger partial charge is 0.228 e. The van der Waals surface area contributed by atoms with Crippen molar-refractivity contribution in [2.45, 2.75) is 19.3 Å². The van der Waals surface area contributed by atoms with Gasteiger partial charge in [0.15, 0.2) is 0 Å². The van der Waals surface area contributed by atoms with E-state index in [2.05, 4.69) is 10.6 Å². The Morgan fingerprint density at radius 3 is 2.56 bits per heavy atom. The fourth-order valence-corrected chi connectivity index (χ4v) is 3.86. The lowest BCUT2D eigenvalue weighted by Gasteiger charge is -2.23. The van der Waals surface area contributed by atoms with Gasteiger partial charge in [-0.05, 0) is 74.2 Å². The van der Waals surface area contributed by atoms with Gasteiger partial charge in [0, 0.05) is 11.6 Å². The Morgan fingerprint density at radius 1 is 1.12 bits per heavy atom. The Balaban J connectivity index is 1.36. The van der Waals surface area contributed by atoms with E-state index < -0.39 is 0 Å². The SMILES string of the molecule is O=C(Nc1ccc(Oc2ccccc2Cl)cc1)C1CC12CCNCC2. The second kappa shape index (κ2) is 6.70. The summed E-state index contributed by atoms with van der Waals surface area (Å²) in [6.45, 7) is 2.05. The molecule has 2 aromatic rings. The van der Waals surface area contributed by atoms with Gasteiger partial charge in [-0.2, -0.15) is 0 Å². The van der Waals surface area contributed by atoms with Gasteiger partial charge in [0.05, 0.1) is 5.02 Å². The van der Waals surface area contributed by atoms with Crippen LogP contribution in [-0.2, 0) is 4.79 Å². The van der Waals surface area contributed by atoms with Gasteiger partial charge in [0.25, 0.3) is 0 Å². The van der Waals surface area contributed by atoms with Crippen LogP contribution >= 0.6 is 11.6 Å². The molecule has 1 unspecified atom stereocenters. The van der Waals surface area contributed by atoms with E-state index in [1.807, 2.05) is 42.5 Å². The fourth-order valence-electron chi connectivity index (χ4n) is 3.69. The highest BCUT2D eigenvalue weighted by Crippen LogP contribution is 2.58. The summed E-state index contributed by atoms with van der Waals surface area (Å²) >= 11 is 6.10. The Morgan fingerprint density at radius 2 is 1.84 bits per heavy atom. The van der Waals surface area contributed by atoms with Crippen LogP contribution < -0.4 is 15.4 Å². The second-order valence-electron chi connectivity index (χ2n) is 6.92. The number of carbonyl (C=O) groups excluding carboxylic acids is 1. The van der Waals surface area contributed by atoms with Crippen LogP contribution in [0.4, 0.5) is 5.69 Å². The van der Waals surface area contributed by atoms with Crippen LogP contribution in [0.3, 0.4) is 0 Å². The lowest BCUT2D eigenvalue weighted by Crippen LogP contribution is -2.31. The third kappa shape index (κ3) is 3.51. The van der Waals surface area contributed by atoms with Crippen LogP contribution in [-0.4, -0.2) is 19.0 Å². The summed E-state index contributed by atoms with van der Waals surface area (Å²) in [6.07, 6.45) is 3.24. The van der Waals surface area contributed by atoms with Gasteiger partial charge >= 0.3 is 0 Å². The topological polar surface area (TPSA) is 50.4 Å². The van der Waals surface area contributed by atoms with Crippen molar-refractivity contribution in [3.63, 3.8) is 0 Å². The molecule has 2 fully saturated rings. The van der Waals surface area contributed by atoms with E-state index >= 15 is 0 Å². The van der Waals surface area contributed by atoms with E-state index in [-0.39, 0.29) is 17.2 Å². The monoisotopic (exact) mass is 356 g/mol. The van der Waals surface area contributed by atoms with Crippen molar-refractivity contribution < 1.29 is 9.53 Å². The average molecular weight is 357 g/mol. The van der Waals surface area contributed by atoms with Crippen molar-refractivity contribution in [3.05, 3.63) is 53.6 Å². The third-order valence-corrected chi connectivity index (χ3v) is 5.60. The molecule has 0 radical (unpaired) electrons. The van der Waals surface area contributed by atoms with E-state index in [0.29, 0.717) is 16.5 Å². The summed E-state index contributed by atoms with van der Waals surface area (Å²) in [5, 5.41) is 6.97. The first-order valence-electron chi connectivity index (χ1n) is 8.70. The van der Waals surface area contributed by atoms with Gasteiger partial charge in [-0.15, -0.1) is 0 Å². The number of nitrogens with one attached hydrogen (secondary N) is 2. The van der Waals surface area contributed by atoms with E-state index in [0.717, 1.165) is 38.0 Å². The minimum absolute atomic E-state index is 0.140. The van der Waals surface area contributed by atoms with Crippen molar-refractivity contribution in [2.75, 3.05) is 18.4 Å². The van der Waals surface area contributed by atoms with Crippen LogP contribution in [0.5, 0.6) is 11.5 Å². The number of benzene rings is 2. The van der Waals surface area contributed by atoms with Crippen molar-refractivity contribution in [1.82, 2.24) is 5.32 Å². The maximum Gasteiger partial charge on any atom is 0.228 e. The van der Waals surface area contributed by atoms with E-state index in [9.17, 15) is 4.79 Å². The average Bonchev–Trinajstić information content (AvgIpc) is 3.32. The van der Waals surface area contributed by atoms with E-state index in [1.54, 1.807) is 6.07 Å². The Bertz CT molecular complexity index is 770. The maximum absolute atomic E-state index is 12.5. The van der Waals surface area contributed by atoms with Gasteiger partial charge in [0.2, 0.25) is 5.91 Å². The van der Waals surface area contributed by atoms with Crippen molar-refractivity contribution >= 4 is 23.2 Å². The molecule has 0 bridgehead atoms. The lowest BCUT2D eigenvalue weighted by molar-refractivity contribution is -0.118. The molecule has 1 saturated carbocycles. The summed E-state index contributed by atoms with van der Waals surface area (Å²) in [5.41, 5.74) is 1.05. The quantitative estimate of drug-likeness (QED) is 0.850. The lowest BCUT2D eigenvalue weighted by atomic mass is 9.92. The number of hydrogen-bond donors (Lipinski definition) is 2. The van der Waals surface area contributed by atoms with Gasteiger partial charge in [-0.3, -0.25) is 4.79 Å². The molecule has 25 heavy (non-hydrogen) atoms. The van der Waals surface area contributed by atoms with E-state index in [4.69, 9.17) is 16.3 Å². The van der Waals surface area contributed by atoms with Gasteiger partial charge in [-0.25, -0.2) is 0 Å². The number of hydrogen-bond acceptors (Lipinski definition) is 3. The molecule has 1 spiro atoms. The van der Waals surface area contributed by atoms with Crippen molar-refractivity contribution in [3.8, 4) is 11.5 Å². The molecule has 2 N–H and O–H groups in total. The molecule has 1 atom stereocenters.